The number of carbonyl (C=O) groups is 2. The first-order valence-electron chi connectivity index (χ1n) is 12.6. The molecule has 1 fully saturated rings. The minimum absolute atomic E-state index is 0.0186. The minimum atomic E-state index is -0.293. The number of aryl methyl sites for hydroxylation is 1. The molecule has 0 radical (unpaired) electrons. The molecule has 2 amide bonds. The highest BCUT2D eigenvalue weighted by atomic mass is 16.3. The van der Waals surface area contributed by atoms with Crippen LogP contribution in [0.2, 0.25) is 0 Å². The largest absolute Gasteiger partial charge is 0.507 e. The van der Waals surface area contributed by atoms with Gasteiger partial charge in [-0.15, -0.1) is 0 Å². The molecular formula is C30H30N4O3. The monoisotopic (exact) mass is 494 g/mol. The fourth-order valence-electron chi connectivity index (χ4n) is 4.90. The predicted octanol–water partition coefficient (Wildman–Crippen LogP) is 6.23. The molecule has 0 atom stereocenters. The maximum absolute atomic E-state index is 13.1. The van der Waals surface area contributed by atoms with Gasteiger partial charge in [0.1, 0.15) is 5.75 Å². The molecule has 3 aromatic carbocycles. The molecule has 1 heterocycles. The SMILES string of the molecule is Cc1ccccc1C(=O)Nc1ccc(-c2cc(C3CCCC3)n(C(=O)NCc3ccccc3)n2)c(O)c1. The molecule has 4 aromatic rings. The maximum atomic E-state index is 13.1. The van der Waals surface area contributed by atoms with E-state index in [4.69, 9.17) is 0 Å². The van der Waals surface area contributed by atoms with E-state index < -0.39 is 0 Å². The second-order valence-electron chi connectivity index (χ2n) is 9.49. The number of rotatable bonds is 6. The predicted molar refractivity (Wildman–Crippen MR) is 144 cm³/mol. The van der Waals surface area contributed by atoms with Gasteiger partial charge >= 0.3 is 6.03 Å². The number of anilines is 1. The van der Waals surface area contributed by atoms with Crippen molar-refractivity contribution in [3.05, 3.63) is 101 Å². The van der Waals surface area contributed by atoms with Crippen LogP contribution in [-0.2, 0) is 6.54 Å². The molecule has 37 heavy (non-hydrogen) atoms. The number of aromatic nitrogens is 2. The summed E-state index contributed by atoms with van der Waals surface area (Å²) >= 11 is 0. The lowest BCUT2D eigenvalue weighted by molar-refractivity contribution is 0.102. The number of benzene rings is 3. The lowest BCUT2D eigenvalue weighted by atomic mass is 10.0. The number of phenolic OH excluding ortho intramolecular Hbond substituents is 1. The first kappa shape index (κ1) is 24.3. The fourth-order valence-corrected chi connectivity index (χ4v) is 4.90. The van der Waals surface area contributed by atoms with Crippen molar-refractivity contribution in [2.24, 2.45) is 0 Å². The Balaban J connectivity index is 1.39. The highest BCUT2D eigenvalue weighted by molar-refractivity contribution is 6.05. The van der Waals surface area contributed by atoms with Crippen molar-refractivity contribution in [3.63, 3.8) is 0 Å². The Morgan fingerprint density at radius 3 is 2.43 bits per heavy atom. The summed E-state index contributed by atoms with van der Waals surface area (Å²) in [5, 5.41) is 21.2. The number of carbonyl (C=O) groups excluding carboxylic acids is 2. The van der Waals surface area contributed by atoms with Crippen LogP contribution in [0.5, 0.6) is 5.75 Å². The average molecular weight is 495 g/mol. The first-order valence-corrected chi connectivity index (χ1v) is 12.6. The molecule has 3 N–H and O–H groups in total. The molecule has 188 valence electrons. The Morgan fingerprint density at radius 2 is 1.70 bits per heavy atom. The number of hydrogen-bond acceptors (Lipinski definition) is 4. The second-order valence-corrected chi connectivity index (χ2v) is 9.49. The molecule has 0 spiro atoms. The third-order valence-electron chi connectivity index (χ3n) is 6.91. The molecule has 7 nitrogen and oxygen atoms in total. The van der Waals surface area contributed by atoms with Gasteiger partial charge < -0.3 is 15.7 Å². The maximum Gasteiger partial charge on any atom is 0.342 e. The Kier molecular flexibility index (Phi) is 7.03. The zero-order valence-corrected chi connectivity index (χ0v) is 20.8. The van der Waals surface area contributed by atoms with E-state index in [9.17, 15) is 14.7 Å². The van der Waals surface area contributed by atoms with E-state index in [2.05, 4.69) is 15.7 Å². The van der Waals surface area contributed by atoms with E-state index in [0.29, 0.717) is 29.1 Å². The highest BCUT2D eigenvalue weighted by Crippen LogP contribution is 2.38. The smallest absolute Gasteiger partial charge is 0.342 e. The standard InChI is InChI=1S/C30H30N4O3/c1-20-9-5-8-14-24(20)29(36)32-23-15-16-25(28(35)17-23)26-18-27(22-12-6-7-13-22)34(33-26)30(37)31-19-21-10-3-2-4-11-21/h2-5,8-11,14-18,22,35H,6-7,12-13,19H2,1H3,(H,31,37)(H,32,36). The lowest BCUT2D eigenvalue weighted by Gasteiger charge is -2.12. The van der Waals surface area contributed by atoms with Crippen molar-refractivity contribution in [1.82, 2.24) is 15.1 Å². The molecule has 1 aromatic heterocycles. The van der Waals surface area contributed by atoms with Gasteiger partial charge in [-0.25, -0.2) is 4.79 Å². The molecule has 1 aliphatic rings. The summed E-state index contributed by atoms with van der Waals surface area (Å²) in [6.07, 6.45) is 4.26. The van der Waals surface area contributed by atoms with Gasteiger partial charge in [0.15, 0.2) is 0 Å². The van der Waals surface area contributed by atoms with Crippen LogP contribution in [0.3, 0.4) is 0 Å². The molecular weight excluding hydrogens is 464 g/mol. The summed E-state index contributed by atoms with van der Waals surface area (Å²) in [6.45, 7) is 2.28. The third-order valence-corrected chi connectivity index (χ3v) is 6.91. The average Bonchev–Trinajstić information content (AvgIpc) is 3.59. The number of nitrogens with one attached hydrogen (secondary N) is 2. The lowest BCUT2D eigenvalue weighted by Crippen LogP contribution is -2.30. The molecule has 1 saturated carbocycles. The van der Waals surface area contributed by atoms with E-state index in [0.717, 1.165) is 42.5 Å². The van der Waals surface area contributed by atoms with Gasteiger partial charge in [0.25, 0.3) is 5.91 Å². The molecule has 0 saturated heterocycles. The Labute approximate surface area is 216 Å². The van der Waals surface area contributed by atoms with E-state index in [1.54, 1.807) is 18.2 Å². The topological polar surface area (TPSA) is 96.3 Å². The van der Waals surface area contributed by atoms with Crippen molar-refractivity contribution in [2.45, 2.75) is 45.1 Å². The molecule has 0 bridgehead atoms. The summed E-state index contributed by atoms with van der Waals surface area (Å²) in [5.41, 5.74) is 4.81. The quantitative estimate of drug-likeness (QED) is 0.296. The van der Waals surface area contributed by atoms with Crippen LogP contribution in [-0.4, -0.2) is 26.8 Å². The van der Waals surface area contributed by atoms with Crippen LogP contribution in [0.1, 0.15) is 58.8 Å². The summed E-state index contributed by atoms with van der Waals surface area (Å²) in [6, 6.07) is 23.6. The van der Waals surface area contributed by atoms with Gasteiger partial charge in [0, 0.05) is 35.3 Å². The van der Waals surface area contributed by atoms with E-state index in [1.165, 1.54) is 10.7 Å². The minimum Gasteiger partial charge on any atom is -0.507 e. The van der Waals surface area contributed by atoms with Crippen molar-refractivity contribution in [3.8, 4) is 17.0 Å². The van der Waals surface area contributed by atoms with Crippen LogP contribution >= 0.6 is 0 Å². The molecule has 5 rings (SSSR count). The molecule has 1 aliphatic carbocycles. The van der Waals surface area contributed by atoms with Crippen LogP contribution in [0.4, 0.5) is 10.5 Å². The van der Waals surface area contributed by atoms with Gasteiger partial charge in [-0.1, -0.05) is 61.4 Å². The number of hydrogen-bond donors (Lipinski definition) is 3. The molecule has 7 heteroatoms. The number of nitrogens with zero attached hydrogens (tertiary/aromatic N) is 2. The second kappa shape index (κ2) is 10.7. The Hall–Kier alpha value is -4.39. The first-order chi connectivity index (χ1) is 18.0. The van der Waals surface area contributed by atoms with Crippen molar-refractivity contribution >= 4 is 17.6 Å². The molecule has 0 aliphatic heterocycles. The molecule has 0 unspecified atom stereocenters. The summed E-state index contributed by atoms with van der Waals surface area (Å²) < 4.78 is 1.45. The highest BCUT2D eigenvalue weighted by Gasteiger charge is 2.26. The van der Waals surface area contributed by atoms with E-state index in [-0.39, 0.29) is 23.6 Å². The van der Waals surface area contributed by atoms with E-state index in [1.807, 2.05) is 61.5 Å². The van der Waals surface area contributed by atoms with Gasteiger partial charge in [0.05, 0.1) is 11.4 Å². The number of amides is 2. The summed E-state index contributed by atoms with van der Waals surface area (Å²) in [7, 11) is 0. The van der Waals surface area contributed by atoms with E-state index >= 15 is 0 Å². The fraction of sp³-hybridized carbons (Fsp3) is 0.233. The van der Waals surface area contributed by atoms with Gasteiger partial charge in [-0.2, -0.15) is 9.78 Å². The van der Waals surface area contributed by atoms with Crippen LogP contribution in [0.15, 0.2) is 78.9 Å². The summed E-state index contributed by atoms with van der Waals surface area (Å²) in [4.78, 5) is 25.8. The summed E-state index contributed by atoms with van der Waals surface area (Å²) in [5.74, 6) is -0.0124. The Bertz CT molecular complexity index is 1420. The van der Waals surface area contributed by atoms with Gasteiger partial charge in [-0.3, -0.25) is 4.79 Å². The van der Waals surface area contributed by atoms with Gasteiger partial charge in [0.2, 0.25) is 0 Å². The zero-order valence-electron chi connectivity index (χ0n) is 20.8. The zero-order chi connectivity index (χ0) is 25.8. The normalized spacial score (nSPS) is 13.4. The van der Waals surface area contributed by atoms with Crippen molar-refractivity contribution in [2.75, 3.05) is 5.32 Å². The van der Waals surface area contributed by atoms with Crippen molar-refractivity contribution < 1.29 is 14.7 Å². The van der Waals surface area contributed by atoms with Crippen LogP contribution < -0.4 is 10.6 Å². The third kappa shape index (κ3) is 5.40. The van der Waals surface area contributed by atoms with Crippen LogP contribution in [0.25, 0.3) is 11.3 Å². The number of phenols is 1. The number of aromatic hydroxyl groups is 1. The Morgan fingerprint density at radius 1 is 0.973 bits per heavy atom. The van der Waals surface area contributed by atoms with Crippen LogP contribution in [0, 0.1) is 6.92 Å². The van der Waals surface area contributed by atoms with Gasteiger partial charge in [-0.05, 0) is 55.2 Å². The van der Waals surface area contributed by atoms with Crippen molar-refractivity contribution in [1.29, 1.82) is 0 Å².